The molecule has 2 amide bonds. The number of thioether (sulfide) groups is 1. The molecule has 1 aliphatic heterocycles. The Morgan fingerprint density at radius 3 is 2.90 bits per heavy atom. The first-order valence-corrected chi connectivity index (χ1v) is 11.1. The molecule has 1 aromatic heterocycles. The number of para-hydroxylation sites is 1. The molecule has 4 rings (SSSR count). The number of nitrogens with zero attached hydrogens (tertiary/aromatic N) is 2. The Hall–Kier alpha value is -2.54. The van der Waals surface area contributed by atoms with E-state index in [1.807, 2.05) is 36.4 Å². The normalized spacial score (nSPS) is 16.6. The largest absolute Gasteiger partial charge is 0.474 e. The number of rotatable bonds is 7. The molecule has 0 saturated heterocycles. The third-order valence-corrected chi connectivity index (χ3v) is 6.32. The Kier molecular flexibility index (Phi) is 6.34. The van der Waals surface area contributed by atoms with Crippen LogP contribution in [0.1, 0.15) is 37.7 Å². The van der Waals surface area contributed by atoms with Gasteiger partial charge in [0.15, 0.2) is 0 Å². The second-order valence-electron chi connectivity index (χ2n) is 7.32. The number of amides is 2. The molecular formula is C22H25N3O3S. The van der Waals surface area contributed by atoms with Crippen molar-refractivity contribution >= 4 is 29.3 Å². The second kappa shape index (κ2) is 9.31. The molecule has 0 atom stereocenters. The second-order valence-corrected chi connectivity index (χ2v) is 8.34. The lowest BCUT2D eigenvalue weighted by Crippen LogP contribution is -2.38. The van der Waals surface area contributed by atoms with Gasteiger partial charge in [0.1, 0.15) is 6.10 Å². The van der Waals surface area contributed by atoms with Crippen molar-refractivity contribution in [2.75, 3.05) is 17.2 Å². The highest BCUT2D eigenvalue weighted by molar-refractivity contribution is 8.00. The average Bonchev–Trinajstić information content (AvgIpc) is 3.25. The van der Waals surface area contributed by atoms with Crippen molar-refractivity contribution in [2.24, 2.45) is 0 Å². The maximum absolute atomic E-state index is 12.4. The van der Waals surface area contributed by atoms with E-state index in [1.54, 1.807) is 22.9 Å². The van der Waals surface area contributed by atoms with Crippen molar-refractivity contribution < 1.29 is 14.3 Å². The molecule has 0 spiro atoms. The maximum Gasteiger partial charge on any atom is 0.237 e. The molecule has 0 unspecified atom stereocenters. The highest BCUT2D eigenvalue weighted by Gasteiger charge is 2.24. The number of ether oxygens (including phenoxy) is 1. The van der Waals surface area contributed by atoms with Crippen LogP contribution in [0.25, 0.3) is 0 Å². The fraction of sp³-hybridized carbons (Fsp3) is 0.409. The van der Waals surface area contributed by atoms with Gasteiger partial charge in [-0.1, -0.05) is 18.2 Å². The van der Waals surface area contributed by atoms with Gasteiger partial charge in [-0.15, -0.1) is 11.8 Å². The number of pyridine rings is 1. The number of carbonyl (C=O) groups excluding carboxylic acids is 2. The Morgan fingerprint density at radius 2 is 2.03 bits per heavy atom. The van der Waals surface area contributed by atoms with E-state index >= 15 is 0 Å². The number of hydrogen-bond donors (Lipinski definition) is 1. The van der Waals surface area contributed by atoms with Crippen LogP contribution in [0.15, 0.2) is 47.5 Å². The standard InChI is InChI=1S/C22H25N3O3S/c26-20(11-13-25-18-9-3-4-10-19(18)29-15-21(25)27)24-14-16-6-5-12-23-22(16)28-17-7-1-2-8-17/h3-6,9-10,12,17H,1-2,7-8,11,13-15H2,(H,24,26). The zero-order valence-electron chi connectivity index (χ0n) is 16.3. The summed E-state index contributed by atoms with van der Waals surface area (Å²) in [5.41, 5.74) is 1.77. The van der Waals surface area contributed by atoms with Crippen molar-refractivity contribution in [3.05, 3.63) is 48.2 Å². The van der Waals surface area contributed by atoms with E-state index in [1.165, 1.54) is 12.8 Å². The molecule has 152 valence electrons. The molecular weight excluding hydrogens is 386 g/mol. The minimum atomic E-state index is -0.0934. The van der Waals surface area contributed by atoms with Crippen molar-refractivity contribution in [1.82, 2.24) is 10.3 Å². The first kappa shape index (κ1) is 19.8. The van der Waals surface area contributed by atoms with Gasteiger partial charge in [0, 0.05) is 36.2 Å². The Balaban J connectivity index is 1.31. The van der Waals surface area contributed by atoms with Gasteiger partial charge in [0.25, 0.3) is 0 Å². The van der Waals surface area contributed by atoms with Gasteiger partial charge in [0.2, 0.25) is 17.7 Å². The lowest BCUT2D eigenvalue weighted by Gasteiger charge is -2.28. The molecule has 1 aliphatic carbocycles. The van der Waals surface area contributed by atoms with Crippen LogP contribution in [0.2, 0.25) is 0 Å². The fourth-order valence-electron chi connectivity index (χ4n) is 3.72. The molecule has 1 saturated carbocycles. The molecule has 2 aromatic rings. The van der Waals surface area contributed by atoms with Crippen LogP contribution in [0, 0.1) is 0 Å². The minimum absolute atomic E-state index is 0.0426. The smallest absolute Gasteiger partial charge is 0.237 e. The number of carbonyl (C=O) groups is 2. The average molecular weight is 412 g/mol. The van der Waals surface area contributed by atoms with Crippen LogP contribution in [0.3, 0.4) is 0 Å². The van der Waals surface area contributed by atoms with Gasteiger partial charge in [-0.05, 0) is 43.9 Å². The number of anilines is 1. The van der Waals surface area contributed by atoms with Crippen molar-refractivity contribution in [2.45, 2.75) is 49.6 Å². The monoisotopic (exact) mass is 411 g/mol. The summed E-state index contributed by atoms with van der Waals surface area (Å²) in [6.07, 6.45) is 6.71. The summed E-state index contributed by atoms with van der Waals surface area (Å²) >= 11 is 1.54. The van der Waals surface area contributed by atoms with Crippen LogP contribution in [-0.4, -0.2) is 35.2 Å². The molecule has 1 fully saturated rings. The molecule has 29 heavy (non-hydrogen) atoms. The van der Waals surface area contributed by atoms with Crippen molar-refractivity contribution in [3.63, 3.8) is 0 Å². The Labute approximate surface area is 175 Å². The van der Waals surface area contributed by atoms with Crippen LogP contribution >= 0.6 is 11.8 Å². The first-order valence-electron chi connectivity index (χ1n) is 10.1. The predicted molar refractivity (Wildman–Crippen MR) is 113 cm³/mol. The van der Waals surface area contributed by atoms with E-state index in [0.29, 0.717) is 24.7 Å². The van der Waals surface area contributed by atoms with E-state index in [0.717, 1.165) is 29.0 Å². The number of nitrogens with one attached hydrogen (secondary N) is 1. The molecule has 1 N–H and O–H groups in total. The molecule has 7 heteroatoms. The lowest BCUT2D eigenvalue weighted by atomic mass is 10.2. The topological polar surface area (TPSA) is 71.5 Å². The summed E-state index contributed by atoms with van der Waals surface area (Å²) in [4.78, 5) is 31.9. The van der Waals surface area contributed by atoms with Gasteiger partial charge >= 0.3 is 0 Å². The van der Waals surface area contributed by atoms with Gasteiger partial charge in [-0.25, -0.2) is 4.98 Å². The summed E-state index contributed by atoms with van der Waals surface area (Å²) in [5, 5.41) is 2.94. The number of hydrogen-bond acceptors (Lipinski definition) is 5. The van der Waals surface area contributed by atoms with E-state index in [-0.39, 0.29) is 24.3 Å². The maximum atomic E-state index is 12.4. The number of benzene rings is 1. The van der Waals surface area contributed by atoms with Gasteiger partial charge in [-0.3, -0.25) is 9.59 Å². The van der Waals surface area contributed by atoms with E-state index in [2.05, 4.69) is 10.3 Å². The third-order valence-electron chi connectivity index (χ3n) is 5.28. The van der Waals surface area contributed by atoms with Gasteiger partial charge in [-0.2, -0.15) is 0 Å². The first-order chi connectivity index (χ1) is 14.2. The highest BCUT2D eigenvalue weighted by atomic mass is 32.2. The summed E-state index contributed by atoms with van der Waals surface area (Å²) in [7, 11) is 0. The Bertz CT molecular complexity index is 883. The minimum Gasteiger partial charge on any atom is -0.474 e. The molecule has 0 bridgehead atoms. The van der Waals surface area contributed by atoms with Crippen molar-refractivity contribution in [3.8, 4) is 5.88 Å². The zero-order valence-corrected chi connectivity index (χ0v) is 17.1. The van der Waals surface area contributed by atoms with E-state index in [4.69, 9.17) is 4.74 Å². The van der Waals surface area contributed by atoms with Gasteiger partial charge < -0.3 is 15.0 Å². The van der Waals surface area contributed by atoms with Gasteiger partial charge in [0.05, 0.1) is 11.4 Å². The fourth-order valence-corrected chi connectivity index (χ4v) is 4.66. The van der Waals surface area contributed by atoms with Crippen LogP contribution in [0.5, 0.6) is 5.88 Å². The van der Waals surface area contributed by atoms with Crippen LogP contribution in [0.4, 0.5) is 5.69 Å². The summed E-state index contributed by atoms with van der Waals surface area (Å²) < 4.78 is 6.03. The highest BCUT2D eigenvalue weighted by Crippen LogP contribution is 2.34. The lowest BCUT2D eigenvalue weighted by molar-refractivity contribution is -0.121. The van der Waals surface area contributed by atoms with Crippen molar-refractivity contribution in [1.29, 1.82) is 0 Å². The Morgan fingerprint density at radius 1 is 1.21 bits per heavy atom. The summed E-state index contributed by atoms with van der Waals surface area (Å²) in [6.45, 7) is 0.746. The quantitative estimate of drug-likeness (QED) is 0.754. The number of aromatic nitrogens is 1. The van der Waals surface area contributed by atoms with Crippen LogP contribution < -0.4 is 15.0 Å². The molecule has 2 heterocycles. The molecule has 1 aromatic carbocycles. The van der Waals surface area contributed by atoms with E-state index in [9.17, 15) is 9.59 Å². The summed E-state index contributed by atoms with van der Waals surface area (Å²) in [6, 6.07) is 11.6. The zero-order chi connectivity index (χ0) is 20.1. The molecule has 0 radical (unpaired) electrons. The van der Waals surface area contributed by atoms with Crippen LogP contribution in [-0.2, 0) is 16.1 Å². The SMILES string of the molecule is O=C(CCN1C(=O)CSc2ccccc21)NCc1cccnc1OC1CCCC1. The molecule has 2 aliphatic rings. The molecule has 6 nitrogen and oxygen atoms in total. The van der Waals surface area contributed by atoms with E-state index < -0.39 is 0 Å². The predicted octanol–water partition coefficient (Wildman–Crippen LogP) is 3.55. The summed E-state index contributed by atoms with van der Waals surface area (Å²) in [5.74, 6) is 0.970. The number of fused-ring (bicyclic) bond motifs is 1. The third kappa shape index (κ3) is 4.90.